The van der Waals surface area contributed by atoms with Crippen molar-refractivity contribution in [3.63, 3.8) is 0 Å². The Labute approximate surface area is 237 Å². The lowest BCUT2D eigenvalue weighted by Gasteiger charge is -2.31. The molecule has 3 heterocycles. The predicted octanol–water partition coefficient (Wildman–Crippen LogP) is 4.50. The lowest BCUT2D eigenvalue weighted by atomic mass is 10.1. The molecule has 2 aromatic carbocycles. The van der Waals surface area contributed by atoms with Gasteiger partial charge in [-0.1, -0.05) is 18.2 Å². The molecule has 11 heteroatoms. The molecule has 0 aliphatic carbocycles. The van der Waals surface area contributed by atoms with Crippen molar-refractivity contribution in [1.82, 2.24) is 10.3 Å². The van der Waals surface area contributed by atoms with Crippen LogP contribution < -0.4 is 25.2 Å². The van der Waals surface area contributed by atoms with Gasteiger partial charge in [-0.3, -0.25) is 14.0 Å². The van der Waals surface area contributed by atoms with Crippen LogP contribution in [-0.2, 0) is 11.3 Å². The molecule has 9 nitrogen and oxygen atoms in total. The van der Waals surface area contributed by atoms with Crippen molar-refractivity contribution < 1.29 is 23.5 Å². The number of halogens is 1. The Balaban J connectivity index is 1.34. The highest BCUT2D eigenvalue weighted by Crippen LogP contribution is 2.33. The number of hydrogen-bond acceptors (Lipinski definition) is 8. The summed E-state index contributed by atoms with van der Waals surface area (Å²) in [5.74, 6) is 0.0527. The van der Waals surface area contributed by atoms with Crippen molar-refractivity contribution in [3.8, 4) is 5.75 Å². The highest BCUT2D eigenvalue weighted by Gasteiger charge is 2.35. The summed E-state index contributed by atoms with van der Waals surface area (Å²) in [4.78, 5) is 35.2. The second-order valence-corrected chi connectivity index (χ2v) is 11.0. The van der Waals surface area contributed by atoms with Crippen LogP contribution in [0.1, 0.15) is 46.2 Å². The molecule has 5 rings (SSSR count). The third-order valence-electron chi connectivity index (χ3n) is 7.29. The van der Waals surface area contributed by atoms with Gasteiger partial charge in [-0.05, 0) is 49.6 Å². The monoisotopic (exact) mass is 567 g/mol. The minimum atomic E-state index is -0.521. The van der Waals surface area contributed by atoms with Gasteiger partial charge in [0.25, 0.3) is 11.8 Å². The van der Waals surface area contributed by atoms with E-state index in [1.807, 2.05) is 30.3 Å². The summed E-state index contributed by atoms with van der Waals surface area (Å²) in [7, 11) is 1.71. The minimum absolute atomic E-state index is 0.204. The third kappa shape index (κ3) is 6.20. The molecule has 3 aromatic rings. The standard InChI is InChI=1S/C29H34FN5O4S/c1-29(38-2)10-13-35(19-29)28-33-23(18-40-28)27(37)32-22-9-8-20(16-21(22)26(36)31-12-5-11-30)17-34-14-15-39-25-7-4-3-6-24(25)34/h3-4,6-9,16,18H,5,10-15,17,19H2,1-2H3,(H,31,36)(H,32,37)/t29-/m1/s1. The molecule has 212 valence electrons. The molecule has 2 aliphatic heterocycles. The molecule has 1 fully saturated rings. The zero-order valence-corrected chi connectivity index (χ0v) is 23.6. The Morgan fingerprint density at radius 1 is 1.20 bits per heavy atom. The number of hydrogen-bond donors (Lipinski definition) is 2. The van der Waals surface area contributed by atoms with E-state index in [0.29, 0.717) is 37.5 Å². The van der Waals surface area contributed by atoms with Gasteiger partial charge in [0.05, 0.1) is 35.8 Å². The normalized spacial score (nSPS) is 18.3. The highest BCUT2D eigenvalue weighted by atomic mass is 32.1. The maximum atomic E-state index is 13.2. The summed E-state index contributed by atoms with van der Waals surface area (Å²) in [6.07, 6.45) is 1.10. The van der Waals surface area contributed by atoms with Gasteiger partial charge >= 0.3 is 0 Å². The topological polar surface area (TPSA) is 96.0 Å². The quantitative estimate of drug-likeness (QED) is 0.349. The molecular formula is C29H34FN5O4S. The van der Waals surface area contributed by atoms with Crippen molar-refractivity contribution in [3.05, 3.63) is 64.7 Å². The number of benzene rings is 2. The van der Waals surface area contributed by atoms with E-state index in [1.54, 1.807) is 24.6 Å². The zero-order chi connectivity index (χ0) is 28.1. The molecule has 40 heavy (non-hydrogen) atoms. The number of methoxy groups -OCH3 is 1. The number of nitrogens with one attached hydrogen (secondary N) is 2. The van der Waals surface area contributed by atoms with Crippen LogP contribution in [0.25, 0.3) is 0 Å². The predicted molar refractivity (Wildman–Crippen MR) is 155 cm³/mol. The van der Waals surface area contributed by atoms with Crippen molar-refractivity contribution in [2.24, 2.45) is 0 Å². The lowest BCUT2D eigenvalue weighted by Crippen LogP contribution is -2.32. The maximum absolute atomic E-state index is 13.2. The molecule has 0 radical (unpaired) electrons. The van der Waals surface area contributed by atoms with Gasteiger partial charge in [-0.15, -0.1) is 11.3 Å². The van der Waals surface area contributed by atoms with Gasteiger partial charge in [0.15, 0.2) is 5.13 Å². The van der Waals surface area contributed by atoms with Crippen LogP contribution in [0, 0.1) is 0 Å². The first-order valence-electron chi connectivity index (χ1n) is 13.4. The smallest absolute Gasteiger partial charge is 0.275 e. The summed E-state index contributed by atoms with van der Waals surface area (Å²) in [6, 6.07) is 13.3. The SMILES string of the molecule is CO[C@]1(C)CCN(c2nc(C(=O)Nc3ccc(CN4CCOc5ccccc54)cc3C(=O)NCCCF)cs2)C1. The van der Waals surface area contributed by atoms with Crippen molar-refractivity contribution in [2.45, 2.75) is 31.9 Å². The van der Waals surface area contributed by atoms with Gasteiger partial charge in [0.1, 0.15) is 18.1 Å². The summed E-state index contributed by atoms with van der Waals surface area (Å²) >= 11 is 1.41. The number of alkyl halides is 1. The van der Waals surface area contributed by atoms with Gasteiger partial charge in [-0.2, -0.15) is 0 Å². The summed E-state index contributed by atoms with van der Waals surface area (Å²) in [5.41, 5.74) is 2.63. The number of aromatic nitrogens is 1. The van der Waals surface area contributed by atoms with Crippen LogP contribution in [0.3, 0.4) is 0 Å². The second-order valence-electron chi connectivity index (χ2n) is 10.2. The molecule has 2 N–H and O–H groups in total. The number of fused-ring (bicyclic) bond motifs is 1. The molecule has 0 spiro atoms. The van der Waals surface area contributed by atoms with Crippen molar-refractivity contribution >= 4 is 39.7 Å². The number of amides is 2. The largest absolute Gasteiger partial charge is 0.490 e. The average Bonchev–Trinajstić information content (AvgIpc) is 3.62. The van der Waals surface area contributed by atoms with Gasteiger partial charge in [-0.25, -0.2) is 4.98 Å². The first kappa shape index (κ1) is 27.9. The molecular weight excluding hydrogens is 533 g/mol. The van der Waals surface area contributed by atoms with E-state index < -0.39 is 12.6 Å². The Kier molecular flexibility index (Phi) is 8.51. The number of carbonyl (C=O) groups excluding carboxylic acids is 2. The molecule has 2 amide bonds. The molecule has 1 atom stereocenters. The fourth-order valence-electron chi connectivity index (χ4n) is 4.93. The number of thiazole rings is 1. The number of para-hydroxylation sites is 2. The van der Waals surface area contributed by atoms with Gasteiger partial charge in [0, 0.05) is 38.7 Å². The van der Waals surface area contributed by atoms with Crippen molar-refractivity contribution in [1.29, 1.82) is 0 Å². The van der Waals surface area contributed by atoms with Gasteiger partial charge in [0.2, 0.25) is 0 Å². The minimum Gasteiger partial charge on any atom is -0.490 e. The van der Waals surface area contributed by atoms with Crippen LogP contribution in [0.15, 0.2) is 47.8 Å². The third-order valence-corrected chi connectivity index (χ3v) is 8.20. The highest BCUT2D eigenvalue weighted by molar-refractivity contribution is 7.14. The Bertz CT molecular complexity index is 1370. The average molecular weight is 568 g/mol. The van der Waals surface area contributed by atoms with Crippen molar-refractivity contribution in [2.75, 3.05) is 61.7 Å². The second kappa shape index (κ2) is 12.2. The first-order chi connectivity index (χ1) is 19.4. The summed E-state index contributed by atoms with van der Waals surface area (Å²) in [5, 5.41) is 8.11. The van der Waals surface area contributed by atoms with Gasteiger partial charge < -0.3 is 29.9 Å². The van der Waals surface area contributed by atoms with E-state index in [2.05, 4.69) is 32.3 Å². The molecule has 0 bridgehead atoms. The van der Waals surface area contributed by atoms with E-state index in [1.165, 1.54) is 11.3 Å². The Hall–Kier alpha value is -3.70. The van der Waals surface area contributed by atoms with Crippen LogP contribution in [0.5, 0.6) is 5.75 Å². The van der Waals surface area contributed by atoms with E-state index in [4.69, 9.17) is 9.47 Å². The van der Waals surface area contributed by atoms with E-state index >= 15 is 0 Å². The molecule has 2 aliphatic rings. The fourth-order valence-corrected chi connectivity index (χ4v) is 5.76. The zero-order valence-electron chi connectivity index (χ0n) is 22.7. The summed E-state index contributed by atoms with van der Waals surface area (Å²) in [6.45, 7) is 5.09. The van der Waals surface area contributed by atoms with E-state index in [9.17, 15) is 14.0 Å². The Morgan fingerprint density at radius 3 is 2.85 bits per heavy atom. The van der Waals surface area contributed by atoms with E-state index in [0.717, 1.165) is 35.1 Å². The lowest BCUT2D eigenvalue weighted by molar-refractivity contribution is 0.0257. The number of nitrogens with zero attached hydrogens (tertiary/aromatic N) is 3. The molecule has 1 saturated heterocycles. The fraction of sp³-hybridized carbons (Fsp3) is 0.414. The van der Waals surface area contributed by atoms with Crippen LogP contribution >= 0.6 is 11.3 Å². The number of ether oxygens (including phenoxy) is 2. The maximum Gasteiger partial charge on any atom is 0.275 e. The van der Waals surface area contributed by atoms with Crippen LogP contribution in [0.2, 0.25) is 0 Å². The first-order valence-corrected chi connectivity index (χ1v) is 14.3. The Morgan fingerprint density at radius 2 is 2.05 bits per heavy atom. The van der Waals surface area contributed by atoms with E-state index in [-0.39, 0.29) is 30.2 Å². The number of rotatable bonds is 10. The summed E-state index contributed by atoms with van der Waals surface area (Å²) < 4.78 is 24.0. The number of anilines is 3. The number of carbonyl (C=O) groups is 2. The molecule has 1 aromatic heterocycles. The molecule has 0 unspecified atom stereocenters. The van der Waals surface area contributed by atoms with Crippen LogP contribution in [0.4, 0.5) is 20.9 Å². The molecule has 0 saturated carbocycles. The van der Waals surface area contributed by atoms with Crippen LogP contribution in [-0.4, -0.2) is 69.0 Å².